The van der Waals surface area contributed by atoms with E-state index in [9.17, 15) is 13.2 Å². The molecular formula is C19H20N4O4S. The lowest BCUT2D eigenvalue weighted by atomic mass is 10.1. The minimum absolute atomic E-state index is 0.0113. The molecule has 0 saturated carbocycles. The lowest BCUT2D eigenvalue weighted by Crippen LogP contribution is -2.24. The van der Waals surface area contributed by atoms with Crippen LogP contribution in [0.1, 0.15) is 21.5 Å². The quantitative estimate of drug-likeness (QED) is 0.561. The minimum atomic E-state index is -3.75. The molecule has 0 bridgehead atoms. The highest BCUT2D eigenvalue weighted by Gasteiger charge is 2.14. The summed E-state index contributed by atoms with van der Waals surface area (Å²) >= 11 is 0. The molecule has 0 atom stereocenters. The molecule has 9 heteroatoms. The van der Waals surface area contributed by atoms with Gasteiger partial charge in [0.25, 0.3) is 15.9 Å². The van der Waals surface area contributed by atoms with Crippen LogP contribution >= 0.6 is 0 Å². The number of aromatic nitrogens is 2. The Morgan fingerprint density at radius 1 is 1.11 bits per heavy atom. The first-order valence-corrected chi connectivity index (χ1v) is 9.94. The molecule has 28 heavy (non-hydrogen) atoms. The molecule has 0 aliphatic carbocycles. The summed E-state index contributed by atoms with van der Waals surface area (Å²) in [6.45, 7) is 1.01. The molecule has 0 aliphatic rings. The molecule has 3 aromatic rings. The topological polar surface area (TPSA) is 102 Å². The van der Waals surface area contributed by atoms with E-state index in [0.29, 0.717) is 18.7 Å². The van der Waals surface area contributed by atoms with Crippen molar-refractivity contribution in [3.63, 3.8) is 0 Å². The number of benzene rings is 2. The van der Waals surface area contributed by atoms with E-state index in [1.54, 1.807) is 6.20 Å². The minimum Gasteiger partial charge on any atom is -0.348 e. The van der Waals surface area contributed by atoms with Crippen LogP contribution in [-0.4, -0.2) is 31.2 Å². The Bertz CT molecular complexity index is 1030. The summed E-state index contributed by atoms with van der Waals surface area (Å²) in [6, 6.07) is 15.3. The SMILES string of the molecule is CONS(=O)(=O)c1ccc(C(=O)NCc2cccc(Cn3cccn3)c2)cc1. The smallest absolute Gasteiger partial charge is 0.262 e. The van der Waals surface area contributed by atoms with Crippen LogP contribution in [0.15, 0.2) is 71.9 Å². The van der Waals surface area contributed by atoms with Crippen molar-refractivity contribution in [2.24, 2.45) is 0 Å². The van der Waals surface area contributed by atoms with Gasteiger partial charge in [0.2, 0.25) is 0 Å². The first-order valence-electron chi connectivity index (χ1n) is 8.46. The van der Waals surface area contributed by atoms with E-state index < -0.39 is 10.0 Å². The number of carbonyl (C=O) groups is 1. The van der Waals surface area contributed by atoms with Crippen LogP contribution in [0.2, 0.25) is 0 Å². The zero-order valence-corrected chi connectivity index (χ0v) is 16.0. The lowest BCUT2D eigenvalue weighted by molar-refractivity contribution is 0.0951. The summed E-state index contributed by atoms with van der Waals surface area (Å²) in [6.07, 6.45) is 3.62. The molecule has 3 rings (SSSR count). The van der Waals surface area contributed by atoms with Crippen LogP contribution in [0, 0.1) is 0 Å². The standard InChI is InChI=1S/C19H20N4O4S/c1-27-22-28(25,26)18-8-6-17(7-9-18)19(24)20-13-15-4-2-5-16(12-15)14-23-11-3-10-21-23/h2-12,22H,13-14H2,1H3,(H,20,24). The van der Waals surface area contributed by atoms with Gasteiger partial charge in [0.1, 0.15) is 0 Å². The van der Waals surface area contributed by atoms with Crippen molar-refractivity contribution < 1.29 is 18.0 Å². The van der Waals surface area contributed by atoms with Gasteiger partial charge in [-0.05, 0) is 41.5 Å². The number of nitrogens with one attached hydrogen (secondary N) is 2. The molecule has 8 nitrogen and oxygen atoms in total. The summed E-state index contributed by atoms with van der Waals surface area (Å²) in [5.74, 6) is -0.291. The highest BCUT2D eigenvalue weighted by atomic mass is 32.2. The van der Waals surface area contributed by atoms with Gasteiger partial charge >= 0.3 is 0 Å². The van der Waals surface area contributed by atoms with E-state index in [1.165, 1.54) is 31.4 Å². The van der Waals surface area contributed by atoms with Crippen LogP contribution in [-0.2, 0) is 28.0 Å². The summed E-state index contributed by atoms with van der Waals surface area (Å²) in [5, 5.41) is 7.02. The van der Waals surface area contributed by atoms with Crippen molar-refractivity contribution in [1.29, 1.82) is 0 Å². The number of amides is 1. The van der Waals surface area contributed by atoms with Gasteiger partial charge < -0.3 is 5.32 Å². The van der Waals surface area contributed by atoms with E-state index in [1.807, 2.05) is 46.1 Å². The van der Waals surface area contributed by atoms with Crippen LogP contribution in [0.25, 0.3) is 0 Å². The average Bonchev–Trinajstić information content (AvgIpc) is 3.19. The fourth-order valence-electron chi connectivity index (χ4n) is 2.65. The maximum atomic E-state index is 12.3. The summed E-state index contributed by atoms with van der Waals surface area (Å²) in [5.41, 5.74) is 2.40. The zero-order chi connectivity index (χ0) is 20.0. The molecule has 0 unspecified atom stereocenters. The second-order valence-electron chi connectivity index (χ2n) is 6.02. The number of carbonyl (C=O) groups excluding carboxylic acids is 1. The van der Waals surface area contributed by atoms with Gasteiger partial charge in [0.05, 0.1) is 18.6 Å². The molecule has 0 spiro atoms. The average molecular weight is 400 g/mol. The highest BCUT2D eigenvalue weighted by Crippen LogP contribution is 2.11. The first kappa shape index (κ1) is 19.7. The van der Waals surface area contributed by atoms with Gasteiger partial charge in [-0.2, -0.15) is 5.10 Å². The Morgan fingerprint density at radius 3 is 2.54 bits per heavy atom. The predicted octanol–water partition coefficient (Wildman–Crippen LogP) is 1.70. The maximum Gasteiger partial charge on any atom is 0.262 e. The van der Waals surface area contributed by atoms with Crippen LogP contribution in [0.5, 0.6) is 0 Å². The number of hydrogen-bond acceptors (Lipinski definition) is 5. The highest BCUT2D eigenvalue weighted by molar-refractivity contribution is 7.89. The van der Waals surface area contributed by atoms with Crippen molar-refractivity contribution in [1.82, 2.24) is 20.0 Å². The number of nitrogens with zero attached hydrogens (tertiary/aromatic N) is 2. The fourth-order valence-corrected chi connectivity index (χ4v) is 3.46. The first-order chi connectivity index (χ1) is 13.5. The second kappa shape index (κ2) is 8.79. The van der Waals surface area contributed by atoms with Gasteiger partial charge in [0.15, 0.2) is 0 Å². The van der Waals surface area contributed by atoms with E-state index in [-0.39, 0.29) is 10.8 Å². The number of rotatable bonds is 8. The third-order valence-electron chi connectivity index (χ3n) is 3.97. The molecule has 0 fully saturated rings. The van der Waals surface area contributed by atoms with Gasteiger partial charge in [-0.1, -0.05) is 29.2 Å². The third-order valence-corrected chi connectivity index (χ3v) is 5.25. The van der Waals surface area contributed by atoms with Crippen molar-refractivity contribution in [3.8, 4) is 0 Å². The molecule has 0 aliphatic heterocycles. The molecule has 2 aromatic carbocycles. The van der Waals surface area contributed by atoms with E-state index >= 15 is 0 Å². The van der Waals surface area contributed by atoms with Crippen LogP contribution in [0.4, 0.5) is 0 Å². The zero-order valence-electron chi connectivity index (χ0n) is 15.2. The van der Waals surface area contributed by atoms with Crippen molar-refractivity contribution >= 4 is 15.9 Å². The lowest BCUT2D eigenvalue weighted by Gasteiger charge is -2.09. The Morgan fingerprint density at radius 2 is 1.86 bits per heavy atom. The molecule has 2 N–H and O–H groups in total. The Labute approximate surface area is 163 Å². The molecule has 1 heterocycles. The van der Waals surface area contributed by atoms with Crippen molar-refractivity contribution in [3.05, 3.63) is 83.7 Å². The van der Waals surface area contributed by atoms with Gasteiger partial charge in [-0.15, -0.1) is 0 Å². The normalized spacial score (nSPS) is 11.3. The van der Waals surface area contributed by atoms with E-state index in [2.05, 4.69) is 15.3 Å². The number of sulfonamides is 1. The van der Waals surface area contributed by atoms with Gasteiger partial charge in [0, 0.05) is 24.5 Å². The monoisotopic (exact) mass is 400 g/mol. The van der Waals surface area contributed by atoms with Crippen LogP contribution in [0.3, 0.4) is 0 Å². The van der Waals surface area contributed by atoms with Crippen LogP contribution < -0.4 is 10.2 Å². The van der Waals surface area contributed by atoms with E-state index in [0.717, 1.165) is 11.1 Å². The molecule has 0 saturated heterocycles. The molecule has 0 radical (unpaired) electrons. The molecule has 146 valence electrons. The summed E-state index contributed by atoms with van der Waals surface area (Å²) in [7, 11) is -2.53. The van der Waals surface area contributed by atoms with Gasteiger partial charge in [-0.3, -0.25) is 14.3 Å². The summed E-state index contributed by atoms with van der Waals surface area (Å²) < 4.78 is 25.5. The molecule has 1 amide bonds. The largest absolute Gasteiger partial charge is 0.348 e. The van der Waals surface area contributed by atoms with Crippen molar-refractivity contribution in [2.45, 2.75) is 18.0 Å². The Hall–Kier alpha value is -3.01. The fraction of sp³-hybridized carbons (Fsp3) is 0.158. The number of hydrogen-bond donors (Lipinski definition) is 2. The molecular weight excluding hydrogens is 380 g/mol. The molecule has 1 aromatic heterocycles. The maximum absolute atomic E-state index is 12.3. The second-order valence-corrected chi connectivity index (χ2v) is 7.67. The van der Waals surface area contributed by atoms with Gasteiger partial charge in [-0.25, -0.2) is 8.42 Å². The Balaban J connectivity index is 1.61. The third kappa shape index (κ3) is 5.03. The van der Waals surface area contributed by atoms with Crippen molar-refractivity contribution in [2.75, 3.05) is 7.11 Å². The van der Waals surface area contributed by atoms with E-state index in [4.69, 9.17) is 0 Å². The Kier molecular flexibility index (Phi) is 6.19. The summed E-state index contributed by atoms with van der Waals surface area (Å²) in [4.78, 5) is 18.7. The predicted molar refractivity (Wildman–Crippen MR) is 103 cm³/mol.